The van der Waals surface area contributed by atoms with E-state index < -0.39 is 0 Å². The largest absolute Gasteiger partial charge is 0.380 e. The van der Waals surface area contributed by atoms with E-state index in [1.807, 2.05) is 18.2 Å². The van der Waals surface area contributed by atoms with Crippen LogP contribution in [-0.2, 0) is 22.5 Å². The Labute approximate surface area is 178 Å². The number of methoxy groups -OCH3 is 1. The molecule has 2 aromatic rings. The van der Waals surface area contributed by atoms with Gasteiger partial charge in [-0.15, -0.1) is 0 Å². The smallest absolute Gasteiger partial charge is 0.240 e. The Morgan fingerprint density at radius 3 is 2.93 bits per heavy atom. The normalized spacial score (nSPS) is 24.3. The molecule has 6 nitrogen and oxygen atoms in total. The first kappa shape index (κ1) is 20.9. The molecule has 1 N–H and O–H groups in total. The number of hydrogen-bond acceptors (Lipinski definition) is 4. The number of benzene rings is 1. The summed E-state index contributed by atoms with van der Waals surface area (Å²) in [6.07, 6.45) is 6.19. The van der Waals surface area contributed by atoms with E-state index in [2.05, 4.69) is 33.8 Å². The summed E-state index contributed by atoms with van der Waals surface area (Å²) in [7, 11) is 1.72. The van der Waals surface area contributed by atoms with Gasteiger partial charge in [-0.1, -0.05) is 6.07 Å². The summed E-state index contributed by atoms with van der Waals surface area (Å²) in [6.45, 7) is 4.65. The van der Waals surface area contributed by atoms with Crippen molar-refractivity contribution in [3.05, 3.63) is 35.5 Å². The van der Waals surface area contributed by atoms with Crippen LogP contribution in [0.15, 0.2) is 24.3 Å². The van der Waals surface area contributed by atoms with E-state index in [1.165, 1.54) is 17.5 Å². The Kier molecular flexibility index (Phi) is 6.40. The predicted molar refractivity (Wildman–Crippen MR) is 117 cm³/mol. The summed E-state index contributed by atoms with van der Waals surface area (Å²) in [5.74, 6) is 0.244. The van der Waals surface area contributed by atoms with Gasteiger partial charge in [0.05, 0.1) is 23.8 Å². The molecule has 0 saturated carbocycles. The lowest BCUT2D eigenvalue weighted by molar-refractivity contribution is -0.137. The van der Waals surface area contributed by atoms with Crippen molar-refractivity contribution in [2.24, 2.45) is 0 Å². The van der Waals surface area contributed by atoms with Gasteiger partial charge in [0, 0.05) is 44.0 Å². The standard InChI is InChI=1S/C24H32N4O2/c1-3-27-20(13-18-8-7-17(15-25)12-23(18)27)10-9-19-6-4-5-11-28(19)24(29)22-14-21(30-2)16-26-22/h7-8,12-13,19,21-22,26H,3-6,9-11,14,16H2,1-2H3. The van der Waals surface area contributed by atoms with Gasteiger partial charge in [-0.05, 0) is 69.0 Å². The molecular formula is C24H32N4O2. The number of carbonyl (C=O) groups is 1. The summed E-state index contributed by atoms with van der Waals surface area (Å²) in [5.41, 5.74) is 3.12. The number of likely N-dealkylation sites (tertiary alicyclic amines) is 1. The summed E-state index contributed by atoms with van der Waals surface area (Å²) in [4.78, 5) is 15.3. The van der Waals surface area contributed by atoms with Gasteiger partial charge in [0.1, 0.15) is 0 Å². The number of rotatable bonds is 6. The van der Waals surface area contributed by atoms with Crippen molar-refractivity contribution in [1.29, 1.82) is 5.26 Å². The Morgan fingerprint density at radius 1 is 1.33 bits per heavy atom. The summed E-state index contributed by atoms with van der Waals surface area (Å²) < 4.78 is 7.74. The Bertz CT molecular complexity index is 945. The van der Waals surface area contributed by atoms with Gasteiger partial charge in [0.2, 0.25) is 5.91 Å². The minimum atomic E-state index is -0.109. The molecule has 0 bridgehead atoms. The molecular weight excluding hydrogens is 376 g/mol. The monoisotopic (exact) mass is 408 g/mol. The fourth-order valence-corrected chi connectivity index (χ4v) is 5.14. The molecule has 2 aliphatic rings. The average Bonchev–Trinajstić information content (AvgIpc) is 3.41. The van der Waals surface area contributed by atoms with Gasteiger partial charge in [-0.2, -0.15) is 5.26 Å². The third-order valence-electron chi connectivity index (χ3n) is 6.80. The van der Waals surface area contributed by atoms with Crippen LogP contribution in [0.2, 0.25) is 0 Å². The molecule has 1 aromatic carbocycles. The van der Waals surface area contributed by atoms with Gasteiger partial charge < -0.3 is 19.5 Å². The molecule has 2 aliphatic heterocycles. The fourth-order valence-electron chi connectivity index (χ4n) is 5.14. The van der Waals surface area contributed by atoms with Crippen LogP contribution in [0.3, 0.4) is 0 Å². The van der Waals surface area contributed by atoms with Gasteiger partial charge in [-0.25, -0.2) is 0 Å². The number of amides is 1. The lowest BCUT2D eigenvalue weighted by Crippen LogP contribution is -2.50. The number of piperidine rings is 1. The lowest BCUT2D eigenvalue weighted by Gasteiger charge is -2.37. The quantitative estimate of drug-likeness (QED) is 0.797. The highest BCUT2D eigenvalue weighted by molar-refractivity contribution is 5.83. The maximum Gasteiger partial charge on any atom is 0.240 e. The molecule has 0 spiro atoms. The number of hydrogen-bond donors (Lipinski definition) is 1. The van der Waals surface area contributed by atoms with Crippen LogP contribution >= 0.6 is 0 Å². The van der Waals surface area contributed by atoms with Gasteiger partial charge in [0.15, 0.2) is 0 Å². The molecule has 160 valence electrons. The molecule has 30 heavy (non-hydrogen) atoms. The molecule has 3 atom stereocenters. The predicted octanol–water partition coefficient (Wildman–Crippen LogP) is 3.22. The first-order valence-corrected chi connectivity index (χ1v) is 11.2. The summed E-state index contributed by atoms with van der Waals surface area (Å²) >= 11 is 0. The number of nitrogens with one attached hydrogen (secondary N) is 1. The number of carbonyl (C=O) groups excluding carboxylic acids is 1. The highest BCUT2D eigenvalue weighted by atomic mass is 16.5. The van der Waals surface area contributed by atoms with Crippen LogP contribution in [0.4, 0.5) is 0 Å². The zero-order chi connectivity index (χ0) is 21.1. The van der Waals surface area contributed by atoms with Crippen LogP contribution < -0.4 is 5.32 Å². The molecule has 1 amide bonds. The van der Waals surface area contributed by atoms with Crippen LogP contribution in [-0.4, -0.2) is 53.8 Å². The second-order valence-corrected chi connectivity index (χ2v) is 8.54. The van der Waals surface area contributed by atoms with Crippen molar-refractivity contribution in [3.8, 4) is 6.07 Å². The molecule has 4 rings (SSSR count). The third kappa shape index (κ3) is 4.10. The number of nitriles is 1. The first-order valence-electron chi connectivity index (χ1n) is 11.2. The maximum absolute atomic E-state index is 13.2. The van der Waals surface area contributed by atoms with Crippen molar-refractivity contribution in [3.63, 3.8) is 0 Å². The van der Waals surface area contributed by atoms with Crippen molar-refractivity contribution in [2.75, 3.05) is 20.2 Å². The maximum atomic E-state index is 13.2. The molecule has 2 fully saturated rings. The zero-order valence-electron chi connectivity index (χ0n) is 18.1. The van der Waals surface area contributed by atoms with Crippen LogP contribution in [0, 0.1) is 11.3 Å². The molecule has 1 aromatic heterocycles. The second-order valence-electron chi connectivity index (χ2n) is 8.54. The van der Waals surface area contributed by atoms with Crippen molar-refractivity contribution in [2.45, 2.75) is 70.2 Å². The topological polar surface area (TPSA) is 70.3 Å². The lowest BCUT2D eigenvalue weighted by atomic mass is 9.96. The number of ether oxygens (including phenoxy) is 1. The van der Waals surface area contributed by atoms with E-state index in [0.29, 0.717) is 11.6 Å². The van der Waals surface area contributed by atoms with Crippen molar-refractivity contribution >= 4 is 16.8 Å². The van der Waals surface area contributed by atoms with E-state index in [-0.39, 0.29) is 18.1 Å². The first-order chi connectivity index (χ1) is 14.6. The zero-order valence-corrected chi connectivity index (χ0v) is 18.1. The highest BCUT2D eigenvalue weighted by Crippen LogP contribution is 2.27. The highest BCUT2D eigenvalue weighted by Gasteiger charge is 2.35. The number of aryl methyl sites for hydroxylation is 2. The molecule has 3 heterocycles. The van der Waals surface area contributed by atoms with Gasteiger partial charge >= 0.3 is 0 Å². The minimum absolute atomic E-state index is 0.109. The van der Waals surface area contributed by atoms with Gasteiger partial charge in [0.25, 0.3) is 0 Å². The number of nitrogens with zero attached hydrogens (tertiary/aromatic N) is 3. The number of fused-ring (bicyclic) bond motifs is 1. The molecule has 6 heteroatoms. The van der Waals surface area contributed by atoms with E-state index in [4.69, 9.17) is 4.74 Å². The van der Waals surface area contributed by atoms with Crippen LogP contribution in [0.1, 0.15) is 50.3 Å². The molecule has 3 unspecified atom stereocenters. The summed E-state index contributed by atoms with van der Waals surface area (Å²) in [6, 6.07) is 10.6. The van der Waals surface area contributed by atoms with Crippen LogP contribution in [0.5, 0.6) is 0 Å². The van der Waals surface area contributed by atoms with Crippen molar-refractivity contribution in [1.82, 2.24) is 14.8 Å². The average molecular weight is 409 g/mol. The van der Waals surface area contributed by atoms with Gasteiger partial charge in [-0.3, -0.25) is 4.79 Å². The third-order valence-corrected chi connectivity index (χ3v) is 6.80. The Hall–Kier alpha value is -2.36. The number of aromatic nitrogens is 1. The molecule has 0 radical (unpaired) electrons. The fraction of sp³-hybridized carbons (Fsp3) is 0.583. The van der Waals surface area contributed by atoms with E-state index in [1.54, 1.807) is 7.11 Å². The molecule has 2 saturated heterocycles. The Balaban J connectivity index is 1.48. The van der Waals surface area contributed by atoms with Crippen LogP contribution in [0.25, 0.3) is 10.9 Å². The van der Waals surface area contributed by atoms with E-state index in [9.17, 15) is 10.1 Å². The van der Waals surface area contributed by atoms with E-state index in [0.717, 1.165) is 57.3 Å². The SMILES string of the molecule is CCn1c(CCC2CCCCN2C(=O)C2CC(OC)CN2)cc2ccc(C#N)cc21. The Morgan fingerprint density at radius 2 is 2.20 bits per heavy atom. The summed E-state index contributed by atoms with van der Waals surface area (Å²) in [5, 5.41) is 13.8. The minimum Gasteiger partial charge on any atom is -0.380 e. The molecule has 0 aliphatic carbocycles. The van der Waals surface area contributed by atoms with E-state index >= 15 is 0 Å². The second kappa shape index (κ2) is 9.20. The van der Waals surface area contributed by atoms with Crippen molar-refractivity contribution < 1.29 is 9.53 Å².